The Hall–Kier alpha value is -3.60. The minimum absolute atomic E-state index is 0.0996. The highest BCUT2D eigenvalue weighted by atomic mass is 16.5. The number of carbonyl (C=O) groups is 2. The molecular weight excluding hydrogens is 332 g/mol. The van der Waals surface area contributed by atoms with Gasteiger partial charge in [0, 0.05) is 6.07 Å². The maximum absolute atomic E-state index is 12.5. The second-order valence-corrected chi connectivity index (χ2v) is 5.88. The molecule has 0 spiro atoms. The largest absolute Gasteiger partial charge is 0.457 e. The van der Waals surface area contributed by atoms with Crippen molar-refractivity contribution in [2.45, 2.75) is 6.92 Å². The van der Waals surface area contributed by atoms with Crippen LogP contribution >= 0.6 is 0 Å². The number of hydrogen-bond acceptors (Lipinski definition) is 5. The molecule has 0 amide bonds. The molecule has 1 aliphatic rings. The lowest BCUT2D eigenvalue weighted by atomic mass is 10.1. The lowest BCUT2D eigenvalue weighted by Gasteiger charge is -2.04. The SMILES string of the molecule is Cc1cccc(/C=C2\Oc3cc(OC(=O)c4ccco4)ccc3C2=O)c1. The van der Waals surface area contributed by atoms with Gasteiger partial charge in [0.2, 0.25) is 11.5 Å². The molecule has 1 aliphatic heterocycles. The third-order valence-corrected chi connectivity index (χ3v) is 3.91. The molecule has 0 aliphatic carbocycles. The summed E-state index contributed by atoms with van der Waals surface area (Å²) in [6.45, 7) is 1.98. The summed E-state index contributed by atoms with van der Waals surface area (Å²) in [6, 6.07) is 15.5. The Kier molecular flexibility index (Phi) is 3.89. The van der Waals surface area contributed by atoms with Gasteiger partial charge in [-0.2, -0.15) is 0 Å². The fraction of sp³-hybridized carbons (Fsp3) is 0.0476. The van der Waals surface area contributed by atoms with Crippen LogP contribution in [0.25, 0.3) is 6.08 Å². The first-order valence-corrected chi connectivity index (χ1v) is 8.01. The molecule has 0 N–H and O–H groups in total. The van der Waals surface area contributed by atoms with Crippen LogP contribution in [0.3, 0.4) is 0 Å². The zero-order valence-electron chi connectivity index (χ0n) is 13.9. The summed E-state index contributed by atoms with van der Waals surface area (Å²) in [5.41, 5.74) is 2.40. The van der Waals surface area contributed by atoms with E-state index in [2.05, 4.69) is 0 Å². The molecule has 2 aromatic carbocycles. The maximum Gasteiger partial charge on any atom is 0.379 e. The Morgan fingerprint density at radius 2 is 1.96 bits per heavy atom. The molecule has 0 unspecified atom stereocenters. The van der Waals surface area contributed by atoms with Gasteiger partial charge in [-0.25, -0.2) is 4.79 Å². The van der Waals surface area contributed by atoms with Crippen LogP contribution in [0.5, 0.6) is 11.5 Å². The van der Waals surface area contributed by atoms with E-state index in [0.29, 0.717) is 11.3 Å². The molecule has 1 aromatic heterocycles. The van der Waals surface area contributed by atoms with Crippen LogP contribution in [0.2, 0.25) is 0 Å². The van der Waals surface area contributed by atoms with E-state index in [9.17, 15) is 9.59 Å². The van der Waals surface area contributed by atoms with Gasteiger partial charge in [-0.1, -0.05) is 29.8 Å². The second kappa shape index (κ2) is 6.37. The first kappa shape index (κ1) is 15.9. The molecule has 128 valence electrons. The highest BCUT2D eigenvalue weighted by Gasteiger charge is 2.28. The standard InChI is InChI=1S/C21H14O5/c1-13-4-2-5-14(10-13)11-19-20(22)16-8-7-15(12-18(16)26-19)25-21(23)17-6-3-9-24-17/h2-12H,1H3/b19-11-. The Labute approximate surface area is 149 Å². The molecule has 5 nitrogen and oxygen atoms in total. The average molecular weight is 346 g/mol. The number of furan rings is 1. The minimum Gasteiger partial charge on any atom is -0.457 e. The molecule has 0 saturated carbocycles. The predicted molar refractivity (Wildman–Crippen MR) is 94.2 cm³/mol. The fourth-order valence-corrected chi connectivity index (χ4v) is 2.69. The fourth-order valence-electron chi connectivity index (χ4n) is 2.69. The van der Waals surface area contributed by atoms with E-state index >= 15 is 0 Å². The zero-order valence-corrected chi connectivity index (χ0v) is 13.9. The van der Waals surface area contributed by atoms with Crippen molar-refractivity contribution in [1.29, 1.82) is 0 Å². The van der Waals surface area contributed by atoms with Crippen LogP contribution in [0, 0.1) is 6.92 Å². The molecule has 4 rings (SSSR count). The number of ether oxygens (including phenoxy) is 2. The molecule has 0 radical (unpaired) electrons. The van der Waals surface area contributed by atoms with E-state index < -0.39 is 5.97 Å². The van der Waals surface area contributed by atoms with E-state index in [1.165, 1.54) is 18.4 Å². The number of esters is 1. The van der Waals surface area contributed by atoms with Crippen molar-refractivity contribution in [3.05, 3.63) is 89.1 Å². The zero-order chi connectivity index (χ0) is 18.1. The van der Waals surface area contributed by atoms with Gasteiger partial charge >= 0.3 is 5.97 Å². The first-order chi connectivity index (χ1) is 12.6. The van der Waals surface area contributed by atoms with Gasteiger partial charge in [-0.3, -0.25) is 4.79 Å². The number of benzene rings is 2. The Balaban J connectivity index is 1.58. The molecule has 0 fully saturated rings. The van der Waals surface area contributed by atoms with Crippen LogP contribution in [0.15, 0.2) is 71.0 Å². The number of rotatable bonds is 3. The highest BCUT2D eigenvalue weighted by molar-refractivity contribution is 6.14. The van der Waals surface area contributed by atoms with Crippen LogP contribution in [0.4, 0.5) is 0 Å². The predicted octanol–water partition coefficient (Wildman–Crippen LogP) is 4.42. The van der Waals surface area contributed by atoms with Crippen molar-refractivity contribution >= 4 is 17.8 Å². The molecule has 26 heavy (non-hydrogen) atoms. The molecule has 0 saturated heterocycles. The Morgan fingerprint density at radius 3 is 2.73 bits per heavy atom. The highest BCUT2D eigenvalue weighted by Crippen LogP contribution is 2.35. The molecule has 0 bridgehead atoms. The van der Waals surface area contributed by atoms with Gasteiger partial charge in [0.25, 0.3) is 0 Å². The Bertz CT molecular complexity index is 1030. The van der Waals surface area contributed by atoms with Gasteiger partial charge in [0.05, 0.1) is 11.8 Å². The summed E-state index contributed by atoms with van der Waals surface area (Å²) < 4.78 is 15.9. The second-order valence-electron chi connectivity index (χ2n) is 5.88. The normalized spacial score (nSPS) is 14.2. The summed E-state index contributed by atoms with van der Waals surface area (Å²) in [4.78, 5) is 24.4. The smallest absolute Gasteiger partial charge is 0.379 e. The Morgan fingerprint density at radius 1 is 1.08 bits per heavy atom. The van der Waals surface area contributed by atoms with E-state index in [0.717, 1.165) is 11.1 Å². The monoisotopic (exact) mass is 346 g/mol. The van der Waals surface area contributed by atoms with Crippen molar-refractivity contribution in [2.24, 2.45) is 0 Å². The first-order valence-electron chi connectivity index (χ1n) is 8.01. The van der Waals surface area contributed by atoms with Crippen LogP contribution in [-0.2, 0) is 0 Å². The third kappa shape index (κ3) is 3.02. The summed E-state index contributed by atoms with van der Waals surface area (Å²) in [5, 5.41) is 0. The van der Waals surface area contributed by atoms with E-state index in [1.807, 2.05) is 31.2 Å². The summed E-state index contributed by atoms with van der Waals surface area (Å²) in [6.07, 6.45) is 3.09. The van der Waals surface area contributed by atoms with Crippen molar-refractivity contribution in [3.63, 3.8) is 0 Å². The van der Waals surface area contributed by atoms with Crippen LogP contribution < -0.4 is 9.47 Å². The molecule has 2 heterocycles. The third-order valence-electron chi connectivity index (χ3n) is 3.91. The number of hydrogen-bond donors (Lipinski definition) is 0. The van der Waals surface area contributed by atoms with Gasteiger partial charge in [0.1, 0.15) is 11.5 Å². The lowest BCUT2D eigenvalue weighted by molar-refractivity contribution is 0.0701. The van der Waals surface area contributed by atoms with E-state index in [4.69, 9.17) is 13.9 Å². The van der Waals surface area contributed by atoms with Gasteiger partial charge in [-0.05, 0) is 42.8 Å². The number of allylic oxidation sites excluding steroid dienone is 1. The number of fused-ring (bicyclic) bond motifs is 1. The van der Waals surface area contributed by atoms with Crippen molar-refractivity contribution in [1.82, 2.24) is 0 Å². The molecule has 0 atom stereocenters. The average Bonchev–Trinajstić information content (AvgIpc) is 3.24. The van der Waals surface area contributed by atoms with Crippen molar-refractivity contribution < 1.29 is 23.5 Å². The van der Waals surface area contributed by atoms with Crippen LogP contribution in [-0.4, -0.2) is 11.8 Å². The summed E-state index contributed by atoms with van der Waals surface area (Å²) >= 11 is 0. The van der Waals surface area contributed by atoms with E-state index in [-0.39, 0.29) is 23.1 Å². The number of carbonyl (C=O) groups excluding carboxylic acids is 2. The molecule has 3 aromatic rings. The summed E-state index contributed by atoms with van der Waals surface area (Å²) in [5.74, 6) is 0.149. The number of ketones is 1. The minimum atomic E-state index is -0.616. The van der Waals surface area contributed by atoms with Crippen LogP contribution in [0.1, 0.15) is 32.0 Å². The number of Topliss-reactive ketones (excluding diaryl/α,β-unsaturated/α-hetero) is 1. The van der Waals surface area contributed by atoms with Gasteiger partial charge in [0.15, 0.2) is 5.76 Å². The van der Waals surface area contributed by atoms with Gasteiger partial charge < -0.3 is 13.9 Å². The lowest BCUT2D eigenvalue weighted by Crippen LogP contribution is -2.07. The molecule has 5 heteroatoms. The summed E-state index contributed by atoms with van der Waals surface area (Å²) in [7, 11) is 0. The van der Waals surface area contributed by atoms with Crippen molar-refractivity contribution in [3.8, 4) is 11.5 Å². The topological polar surface area (TPSA) is 65.7 Å². The number of aryl methyl sites for hydroxylation is 1. The molecular formula is C21H14O5. The van der Waals surface area contributed by atoms with Gasteiger partial charge in [-0.15, -0.1) is 0 Å². The quantitative estimate of drug-likeness (QED) is 0.399. The van der Waals surface area contributed by atoms with E-state index in [1.54, 1.807) is 24.3 Å². The maximum atomic E-state index is 12.5. The van der Waals surface area contributed by atoms with Crippen molar-refractivity contribution in [2.75, 3.05) is 0 Å².